The minimum absolute atomic E-state index is 0. The molecule has 0 fully saturated rings. The molecule has 0 unspecified atom stereocenters. The van der Waals surface area contributed by atoms with E-state index in [0.717, 1.165) is 11.4 Å². The number of aromatic amines is 1. The highest BCUT2D eigenvalue weighted by Gasteiger charge is 1.96. The Hall–Kier alpha value is -1.26. The summed E-state index contributed by atoms with van der Waals surface area (Å²) < 4.78 is 2.54. The fourth-order valence-corrected chi connectivity index (χ4v) is 1.43. The summed E-state index contributed by atoms with van der Waals surface area (Å²) in [5.41, 5.74) is 7.37. The number of nitrogens with two attached hydrogens (primary N) is 1. The molecule has 2 rings (SSSR count). The van der Waals surface area contributed by atoms with Crippen molar-refractivity contribution in [1.82, 2.24) is 9.55 Å². The van der Waals surface area contributed by atoms with Crippen LogP contribution >= 0.6 is 24.6 Å². The monoisotopic (exact) mass is 227 g/mol. The number of hydrogen-bond donors (Lipinski definition) is 2. The van der Waals surface area contributed by atoms with Crippen LogP contribution in [-0.4, -0.2) is 9.55 Å². The molecule has 1 aromatic heterocycles. The maximum absolute atomic E-state index is 5.66. The molecule has 0 aliphatic heterocycles. The van der Waals surface area contributed by atoms with Gasteiger partial charge in [0.15, 0.2) is 4.77 Å². The van der Waals surface area contributed by atoms with E-state index in [1.165, 1.54) is 0 Å². The number of hydrogen-bond acceptors (Lipinski definition) is 2. The van der Waals surface area contributed by atoms with E-state index in [4.69, 9.17) is 18.0 Å². The zero-order valence-electron chi connectivity index (χ0n) is 7.31. The Morgan fingerprint density at radius 1 is 1.36 bits per heavy atom. The molecule has 0 atom stereocenters. The molecule has 0 saturated heterocycles. The average molecular weight is 228 g/mol. The fourth-order valence-electron chi connectivity index (χ4n) is 1.20. The van der Waals surface area contributed by atoms with Crippen molar-refractivity contribution >= 4 is 30.3 Å². The molecule has 3 N–H and O–H groups in total. The van der Waals surface area contributed by atoms with Crippen molar-refractivity contribution in [3.63, 3.8) is 0 Å². The van der Waals surface area contributed by atoms with Crippen LogP contribution in [-0.2, 0) is 0 Å². The number of rotatable bonds is 1. The van der Waals surface area contributed by atoms with Gasteiger partial charge in [-0.25, -0.2) is 0 Å². The molecule has 0 saturated carbocycles. The molecule has 0 bridgehead atoms. The first-order valence-electron chi connectivity index (χ1n) is 3.89. The summed E-state index contributed by atoms with van der Waals surface area (Å²) in [4.78, 5) is 2.92. The Kier molecular flexibility index (Phi) is 3.33. The van der Waals surface area contributed by atoms with Gasteiger partial charge >= 0.3 is 0 Å². The van der Waals surface area contributed by atoms with Crippen LogP contribution in [0.4, 0.5) is 5.69 Å². The van der Waals surface area contributed by atoms with Crippen molar-refractivity contribution < 1.29 is 0 Å². The predicted octanol–water partition coefficient (Wildman–Crippen LogP) is 2.54. The van der Waals surface area contributed by atoms with Gasteiger partial charge in [0.1, 0.15) is 0 Å². The lowest BCUT2D eigenvalue weighted by Gasteiger charge is -2.02. The Balaban J connectivity index is 0.000000980. The van der Waals surface area contributed by atoms with E-state index in [9.17, 15) is 0 Å². The number of imidazole rings is 1. The van der Waals surface area contributed by atoms with Crippen LogP contribution in [0.5, 0.6) is 0 Å². The second-order valence-electron chi connectivity index (χ2n) is 2.73. The van der Waals surface area contributed by atoms with Crippen LogP contribution < -0.4 is 5.73 Å². The maximum atomic E-state index is 5.66. The lowest BCUT2D eigenvalue weighted by atomic mass is 10.3. The second kappa shape index (κ2) is 4.30. The number of nitrogen functional groups attached to an aromatic ring is 1. The molecule has 14 heavy (non-hydrogen) atoms. The molecule has 74 valence electrons. The maximum Gasteiger partial charge on any atom is 0.181 e. The molecule has 0 radical (unpaired) electrons. The highest BCUT2D eigenvalue weighted by Crippen LogP contribution is 2.11. The molecule has 0 aliphatic carbocycles. The normalized spacial score (nSPS) is 9.43. The molecule has 1 heterocycles. The summed E-state index contributed by atoms with van der Waals surface area (Å²) in [6.07, 6.45) is 3.67. The van der Waals surface area contributed by atoms with Crippen molar-refractivity contribution in [2.75, 3.05) is 5.73 Å². The number of anilines is 1. The van der Waals surface area contributed by atoms with Crippen molar-refractivity contribution in [2.45, 2.75) is 0 Å². The first-order valence-corrected chi connectivity index (χ1v) is 4.30. The molecular formula is C9H10ClN3S. The van der Waals surface area contributed by atoms with Gasteiger partial charge in [-0.1, -0.05) is 6.07 Å². The number of nitrogens with zero attached hydrogens (tertiary/aromatic N) is 1. The van der Waals surface area contributed by atoms with E-state index < -0.39 is 0 Å². The van der Waals surface area contributed by atoms with Gasteiger partial charge in [-0.2, -0.15) is 0 Å². The highest BCUT2D eigenvalue weighted by molar-refractivity contribution is 7.71. The van der Waals surface area contributed by atoms with E-state index >= 15 is 0 Å². The first kappa shape index (κ1) is 10.8. The van der Waals surface area contributed by atoms with E-state index in [1.807, 2.05) is 35.0 Å². The fraction of sp³-hybridized carbons (Fsp3) is 0. The third-order valence-electron chi connectivity index (χ3n) is 1.80. The zero-order valence-corrected chi connectivity index (χ0v) is 8.94. The number of nitrogens with one attached hydrogen (secondary N) is 1. The Labute approximate surface area is 93.0 Å². The standard InChI is InChI=1S/C9H9N3S.ClH/c10-7-2-1-3-8(6-7)12-5-4-11-9(12)13;/h1-6H,10H2,(H,11,13);1H. The summed E-state index contributed by atoms with van der Waals surface area (Å²) in [6.45, 7) is 0. The number of halogens is 1. The lowest BCUT2D eigenvalue weighted by Crippen LogP contribution is -1.93. The predicted molar refractivity (Wildman–Crippen MR) is 62.6 cm³/mol. The van der Waals surface area contributed by atoms with E-state index in [0.29, 0.717) is 4.77 Å². The largest absolute Gasteiger partial charge is 0.399 e. The van der Waals surface area contributed by atoms with Crippen LogP contribution in [0, 0.1) is 4.77 Å². The quantitative estimate of drug-likeness (QED) is 0.581. The van der Waals surface area contributed by atoms with Crippen LogP contribution in [0.3, 0.4) is 0 Å². The second-order valence-corrected chi connectivity index (χ2v) is 3.12. The first-order chi connectivity index (χ1) is 6.27. The third kappa shape index (κ3) is 1.97. The summed E-state index contributed by atoms with van der Waals surface area (Å²) in [5.74, 6) is 0. The SMILES string of the molecule is Cl.Nc1cccc(-n2cc[nH]c2=S)c1. The van der Waals surface area contributed by atoms with Gasteiger partial charge in [0, 0.05) is 23.8 Å². The smallest absolute Gasteiger partial charge is 0.181 e. The van der Waals surface area contributed by atoms with Crippen molar-refractivity contribution in [1.29, 1.82) is 0 Å². The van der Waals surface area contributed by atoms with Gasteiger partial charge in [-0.15, -0.1) is 12.4 Å². The molecular weight excluding hydrogens is 218 g/mol. The highest BCUT2D eigenvalue weighted by atomic mass is 35.5. The zero-order chi connectivity index (χ0) is 9.26. The van der Waals surface area contributed by atoms with Crippen molar-refractivity contribution in [2.24, 2.45) is 0 Å². The van der Waals surface area contributed by atoms with Gasteiger partial charge in [0.05, 0.1) is 0 Å². The summed E-state index contributed by atoms with van der Waals surface area (Å²) in [6, 6.07) is 7.59. The molecule has 5 heteroatoms. The van der Waals surface area contributed by atoms with Crippen LogP contribution in [0.15, 0.2) is 36.7 Å². The molecule has 0 amide bonds. The topological polar surface area (TPSA) is 46.7 Å². The van der Waals surface area contributed by atoms with Gasteiger partial charge < -0.3 is 10.7 Å². The van der Waals surface area contributed by atoms with Crippen molar-refractivity contribution in [3.05, 3.63) is 41.4 Å². The number of benzene rings is 1. The van der Waals surface area contributed by atoms with Gasteiger partial charge in [-0.05, 0) is 30.4 Å². The number of aromatic nitrogens is 2. The van der Waals surface area contributed by atoms with Gasteiger partial charge in [-0.3, -0.25) is 4.57 Å². The van der Waals surface area contributed by atoms with Gasteiger partial charge in [0.25, 0.3) is 0 Å². The molecule has 3 nitrogen and oxygen atoms in total. The van der Waals surface area contributed by atoms with Crippen molar-refractivity contribution in [3.8, 4) is 5.69 Å². The van der Waals surface area contributed by atoms with Crippen LogP contribution in [0.2, 0.25) is 0 Å². The Morgan fingerprint density at radius 3 is 2.71 bits per heavy atom. The average Bonchev–Trinajstić information content (AvgIpc) is 2.51. The molecule has 2 aromatic rings. The van der Waals surface area contributed by atoms with E-state index in [-0.39, 0.29) is 12.4 Å². The third-order valence-corrected chi connectivity index (χ3v) is 2.11. The van der Waals surface area contributed by atoms with E-state index in [2.05, 4.69) is 4.98 Å². The molecule has 0 aliphatic rings. The summed E-state index contributed by atoms with van der Waals surface area (Å²) in [5, 5.41) is 0. The molecule has 1 aromatic carbocycles. The summed E-state index contributed by atoms with van der Waals surface area (Å²) >= 11 is 5.08. The Bertz CT molecular complexity index is 475. The Morgan fingerprint density at radius 2 is 2.14 bits per heavy atom. The lowest BCUT2D eigenvalue weighted by molar-refractivity contribution is 1.03. The van der Waals surface area contributed by atoms with Crippen LogP contribution in [0.1, 0.15) is 0 Å². The van der Waals surface area contributed by atoms with Gasteiger partial charge in [0.2, 0.25) is 0 Å². The number of H-pyrrole nitrogens is 1. The minimum atomic E-state index is 0. The van der Waals surface area contributed by atoms with E-state index in [1.54, 1.807) is 6.20 Å². The van der Waals surface area contributed by atoms with Crippen LogP contribution in [0.25, 0.3) is 5.69 Å². The summed E-state index contributed by atoms with van der Waals surface area (Å²) in [7, 11) is 0. The molecule has 0 spiro atoms. The minimum Gasteiger partial charge on any atom is -0.399 e.